The van der Waals surface area contributed by atoms with Gasteiger partial charge in [-0.1, -0.05) is 259 Å². The number of azide groups is 2. The normalized spacial score (nSPS) is 27.3. The number of alkyl carbamates (subject to hydrolysis) is 1. The summed E-state index contributed by atoms with van der Waals surface area (Å²) in [6.45, 7) is -0.442. The number of esters is 7. The monoisotopic (exact) mass is 1960 g/mol. The highest BCUT2D eigenvalue weighted by atomic mass is 16.8. The molecule has 5 aliphatic heterocycles. The minimum Gasteiger partial charge on any atom is -0.467 e. The van der Waals surface area contributed by atoms with Crippen LogP contribution in [0.4, 0.5) is 4.79 Å². The third-order valence-corrected chi connectivity index (χ3v) is 23.6. The first-order valence-electron chi connectivity index (χ1n) is 45.7. The number of rotatable bonds is 44. The molecule has 5 saturated heterocycles. The molecule has 0 aliphatic carbocycles. The minimum atomic E-state index is -2.22. The highest BCUT2D eigenvalue weighted by Crippen LogP contribution is 2.43. The molecule has 5 fully saturated rings. The van der Waals surface area contributed by atoms with Gasteiger partial charge in [0.15, 0.2) is 49.8 Å². The Hall–Kier alpha value is -13.5. The molecule has 0 spiro atoms. The summed E-state index contributed by atoms with van der Waals surface area (Å²) in [5.41, 5.74) is 26.1. The second-order valence-electron chi connectivity index (χ2n) is 33.2. The van der Waals surface area contributed by atoms with Crippen molar-refractivity contribution in [2.75, 3.05) is 41.2 Å². The molecule has 0 bridgehead atoms. The second-order valence-corrected chi connectivity index (χ2v) is 33.2. The number of hydrogen-bond acceptors (Lipinski definition) is 34. The maximum atomic E-state index is 15.5. The summed E-state index contributed by atoms with van der Waals surface area (Å²) < 4.78 is 158. The number of carbonyl (C=O) groups excluding carboxylic acids is 8. The Morgan fingerprint density at radius 3 is 1.01 bits per heavy atom. The standard InChI is InChI=1S/C103H109N7O32/c1-62(111)122-59-74-80(124-52-65-34-16-7-17-35-65)84(126-54-67-38-20-9-21-39-67)78(107-109-104)99(134-74)139-88-86(127-55-68-40-22-10-23-41-68)92(129-57-70-44-26-12-27-45-70)101(141-90(88)96(116)119-4)138-82-75(60-123-63(2)112)135-100(79(108-110-105)85(82)132-64(3)113)140-89-87(128-56-69-42-24-11-25-43-69)93(136-95(115)73-50-32-15-33-51-73)102(142-91(89)97(117)120-5)137-81-76(61-130-94(114)72-48-30-14-31-49-72)133-98(121-6)77(83(81)125-53-66-36-18-8-19-37-66)106-103(118)131-58-71-46-28-13-29-47-71/h7-51,74-93,98-102H,52-61H2,1-6H3,(H,106,118)/t74-,75-,76-,77-,78-,79-,80-,81-,82-,83-,84-,85-,86+,87+,88+,89+,90+,91-,92-,93-,98+,99-,100-,101-,102-/m1/s1. The van der Waals surface area contributed by atoms with Crippen LogP contribution in [0.25, 0.3) is 20.9 Å². The number of benzene rings is 9. The van der Waals surface area contributed by atoms with Gasteiger partial charge < -0.3 is 119 Å². The number of methoxy groups -OCH3 is 3. The van der Waals surface area contributed by atoms with Gasteiger partial charge in [0, 0.05) is 37.7 Å². The predicted octanol–water partition coefficient (Wildman–Crippen LogP) is 12.4. The average molecular weight is 1960 g/mol. The van der Waals surface area contributed by atoms with Crippen molar-refractivity contribution in [3.05, 3.63) is 344 Å². The lowest BCUT2D eigenvalue weighted by Gasteiger charge is -2.51. The summed E-state index contributed by atoms with van der Waals surface area (Å²) in [4.78, 5) is 122. The lowest BCUT2D eigenvalue weighted by atomic mass is 9.93. The smallest absolute Gasteiger partial charge is 0.407 e. The van der Waals surface area contributed by atoms with Gasteiger partial charge in [-0.25, -0.2) is 24.0 Å². The number of carbonyl (C=O) groups is 8. The Balaban J connectivity index is 0.874. The maximum absolute atomic E-state index is 15.5. The van der Waals surface area contributed by atoms with Crippen LogP contribution in [0, 0.1) is 0 Å². The number of hydrogen-bond donors (Lipinski definition) is 1. The molecule has 142 heavy (non-hydrogen) atoms. The predicted molar refractivity (Wildman–Crippen MR) is 495 cm³/mol. The Morgan fingerprint density at radius 1 is 0.303 bits per heavy atom. The zero-order valence-electron chi connectivity index (χ0n) is 78.2. The summed E-state index contributed by atoms with van der Waals surface area (Å²) in [7, 11) is 3.35. The van der Waals surface area contributed by atoms with E-state index in [0.29, 0.717) is 38.9 Å². The molecule has 9 aromatic carbocycles. The fourth-order valence-electron chi connectivity index (χ4n) is 16.8. The van der Waals surface area contributed by atoms with E-state index in [1.54, 1.807) is 212 Å². The molecule has 5 heterocycles. The first kappa shape index (κ1) is 104. The lowest BCUT2D eigenvalue weighted by Crippen LogP contribution is -2.70. The molecule has 0 unspecified atom stereocenters. The molecular formula is C103H109N7O32. The van der Waals surface area contributed by atoms with Crippen LogP contribution in [-0.2, 0) is 184 Å². The van der Waals surface area contributed by atoms with Gasteiger partial charge in [0.2, 0.25) is 0 Å². The van der Waals surface area contributed by atoms with Crippen LogP contribution in [0.15, 0.2) is 283 Å². The molecule has 1 amide bonds. The fourth-order valence-corrected chi connectivity index (χ4v) is 16.8. The molecule has 9 aromatic rings. The van der Waals surface area contributed by atoms with E-state index in [1.807, 2.05) is 36.4 Å². The highest BCUT2D eigenvalue weighted by Gasteiger charge is 2.63. The van der Waals surface area contributed by atoms with E-state index in [9.17, 15) is 35.0 Å². The number of nitrogens with zero attached hydrogens (tertiary/aromatic N) is 6. The van der Waals surface area contributed by atoms with Crippen LogP contribution in [0.5, 0.6) is 0 Å². The fraction of sp³-hybridized carbons (Fsp3) is 0.398. The molecule has 5 aliphatic rings. The molecule has 39 nitrogen and oxygen atoms in total. The quantitative estimate of drug-likeness (QED) is 0.0122. The Morgan fingerprint density at radius 2 is 0.620 bits per heavy atom. The number of ether oxygens (including phenoxy) is 24. The summed E-state index contributed by atoms with van der Waals surface area (Å²) in [6, 6.07) is 72.3. The van der Waals surface area contributed by atoms with Gasteiger partial charge in [-0.3, -0.25) is 14.4 Å². The van der Waals surface area contributed by atoms with E-state index in [2.05, 4.69) is 25.4 Å². The summed E-state index contributed by atoms with van der Waals surface area (Å²) >= 11 is 0. The summed E-state index contributed by atoms with van der Waals surface area (Å²) in [5, 5.41) is 11.3. The largest absolute Gasteiger partial charge is 0.467 e. The van der Waals surface area contributed by atoms with Crippen molar-refractivity contribution in [2.45, 2.75) is 220 Å². The first-order chi connectivity index (χ1) is 69.2. The lowest BCUT2D eigenvalue weighted by molar-refractivity contribution is -0.382. The maximum Gasteiger partial charge on any atom is 0.407 e. The van der Waals surface area contributed by atoms with Crippen molar-refractivity contribution in [1.82, 2.24) is 5.32 Å². The van der Waals surface area contributed by atoms with Gasteiger partial charge in [0.1, 0.15) is 130 Å². The van der Waals surface area contributed by atoms with Gasteiger partial charge >= 0.3 is 47.9 Å². The van der Waals surface area contributed by atoms with Gasteiger partial charge in [0.05, 0.1) is 65.0 Å². The van der Waals surface area contributed by atoms with Crippen LogP contribution < -0.4 is 5.32 Å². The van der Waals surface area contributed by atoms with Gasteiger partial charge in [0.25, 0.3) is 0 Å². The molecule has 0 radical (unpaired) electrons. The minimum absolute atomic E-state index is 0.0550. The Bertz CT molecular complexity index is 5610. The molecular weight excluding hydrogens is 1850 g/mol. The Kier molecular flexibility index (Phi) is 38.8. The summed E-state index contributed by atoms with van der Waals surface area (Å²) in [5.74, 6) is -7.04. The third-order valence-electron chi connectivity index (χ3n) is 23.6. The molecule has 14 rings (SSSR count). The van der Waals surface area contributed by atoms with Crippen molar-refractivity contribution in [1.29, 1.82) is 0 Å². The van der Waals surface area contributed by atoms with Crippen LogP contribution >= 0.6 is 0 Å². The van der Waals surface area contributed by atoms with Gasteiger partial charge in [-0.2, -0.15) is 0 Å². The van der Waals surface area contributed by atoms with E-state index >= 15 is 14.4 Å². The van der Waals surface area contributed by atoms with Gasteiger partial charge in [-0.15, -0.1) is 0 Å². The van der Waals surface area contributed by atoms with E-state index in [4.69, 9.17) is 114 Å². The van der Waals surface area contributed by atoms with Crippen LogP contribution in [0.1, 0.15) is 80.4 Å². The average Bonchev–Trinajstić information content (AvgIpc) is 0.748. The highest BCUT2D eigenvalue weighted by molar-refractivity contribution is 5.90. The molecule has 25 atom stereocenters. The van der Waals surface area contributed by atoms with E-state index in [1.165, 1.54) is 38.3 Å². The Labute approximate surface area is 817 Å². The molecule has 1 N–H and O–H groups in total. The van der Waals surface area contributed by atoms with E-state index in [0.717, 1.165) is 28.1 Å². The topological polar surface area (TPSA) is 468 Å². The molecule has 0 aromatic heterocycles. The molecule has 39 heteroatoms. The van der Waals surface area contributed by atoms with Gasteiger partial charge in [-0.05, 0) is 74.3 Å². The number of nitrogens with one attached hydrogen (secondary N) is 1. The van der Waals surface area contributed by atoms with Crippen molar-refractivity contribution in [2.24, 2.45) is 10.2 Å². The van der Waals surface area contributed by atoms with Crippen LogP contribution in [-0.4, -0.2) is 242 Å². The van der Waals surface area contributed by atoms with Crippen molar-refractivity contribution < 1.29 is 152 Å². The first-order valence-corrected chi connectivity index (χ1v) is 45.7. The van der Waals surface area contributed by atoms with Crippen molar-refractivity contribution >= 4 is 47.9 Å². The SMILES string of the molecule is COC(=O)[C@H]1O[C@@H](O[C@H]2[C@H](OC(C)=O)[C@@H](N=[N+]=[N-])[C@@H](O[C@H]3[C@H](OCc4ccccc4)[C@@H](OC(=O)c4ccccc4)[C@H](O[C@H]4[C@H](OCc5ccccc5)[C@@H](NC(=O)OCc5ccccc5)[C@@H](OC)O[C@@H]4COC(=O)c4ccccc4)O[C@H]3C(=O)OC)O[C@@H]2COC(C)=O)[C@H](OCc2ccccc2)[C@@H](OCc2ccccc2)[C@@H]1O[C@H]1O[C@H](COC(C)=O)[C@@H](OCc2ccccc2)[C@H](OCc2ccccc2)[C@H]1N=[N+]=[N-]. The van der Waals surface area contributed by atoms with E-state index < -0.39 is 228 Å². The zero-order valence-corrected chi connectivity index (χ0v) is 78.2. The van der Waals surface area contributed by atoms with Crippen molar-refractivity contribution in [3.63, 3.8) is 0 Å². The van der Waals surface area contributed by atoms with Crippen LogP contribution in [0.3, 0.4) is 0 Å². The van der Waals surface area contributed by atoms with Crippen molar-refractivity contribution in [3.8, 4) is 0 Å². The second kappa shape index (κ2) is 52.9. The third kappa shape index (κ3) is 28.5. The summed E-state index contributed by atoms with van der Waals surface area (Å²) in [6.07, 6.45) is -40.9. The van der Waals surface area contributed by atoms with E-state index in [-0.39, 0.29) is 50.8 Å². The van der Waals surface area contributed by atoms with Crippen LogP contribution in [0.2, 0.25) is 0 Å². The molecule has 0 saturated carbocycles. The number of amides is 1. The zero-order chi connectivity index (χ0) is 99.6. The molecule has 748 valence electrons.